The molecule has 0 saturated heterocycles. The molecule has 2 aromatic rings. The van der Waals surface area contributed by atoms with Crippen LogP contribution in [0.3, 0.4) is 0 Å². The van der Waals surface area contributed by atoms with Crippen molar-refractivity contribution in [2.45, 2.75) is 32.2 Å². The second kappa shape index (κ2) is 4.38. The van der Waals surface area contributed by atoms with Gasteiger partial charge in [0.2, 0.25) is 0 Å². The van der Waals surface area contributed by atoms with Crippen LogP contribution in [-0.2, 0) is 17.6 Å². The number of carbonyl (C=O) groups is 1. The van der Waals surface area contributed by atoms with Gasteiger partial charge < -0.3 is 15.4 Å². The number of hydrogen-bond acceptors (Lipinski definition) is 2. The van der Waals surface area contributed by atoms with E-state index in [9.17, 15) is 9.90 Å². The highest BCUT2D eigenvalue weighted by molar-refractivity contribution is 5.91. The Kier molecular flexibility index (Phi) is 2.82. The molecule has 0 aliphatic heterocycles. The largest absolute Gasteiger partial charge is 0.480 e. The fourth-order valence-corrected chi connectivity index (χ4v) is 3.18. The fraction of sp³-hybridized carbons (Fsp3) is 0.400. The van der Waals surface area contributed by atoms with Crippen molar-refractivity contribution >= 4 is 16.9 Å². The number of fused-ring (bicyclic) bond motifs is 2. The van der Waals surface area contributed by atoms with Gasteiger partial charge in [-0.15, -0.1) is 0 Å². The third-order valence-corrected chi connectivity index (χ3v) is 4.07. The first kappa shape index (κ1) is 12.2. The van der Waals surface area contributed by atoms with Crippen molar-refractivity contribution in [3.63, 3.8) is 0 Å². The van der Waals surface area contributed by atoms with Crippen LogP contribution in [0.4, 0.5) is 0 Å². The summed E-state index contributed by atoms with van der Waals surface area (Å²) in [7, 11) is 1.68. The van der Waals surface area contributed by atoms with Crippen LogP contribution in [-0.4, -0.2) is 23.1 Å². The normalized spacial score (nSPS) is 15.7. The van der Waals surface area contributed by atoms with Crippen molar-refractivity contribution < 1.29 is 9.90 Å². The minimum Gasteiger partial charge on any atom is -0.480 e. The molecule has 100 valence electrons. The molecule has 1 aromatic heterocycles. The Hall–Kier alpha value is -1.81. The van der Waals surface area contributed by atoms with E-state index in [0.29, 0.717) is 0 Å². The fourth-order valence-electron chi connectivity index (χ4n) is 3.18. The molecule has 4 nitrogen and oxygen atoms in total. The van der Waals surface area contributed by atoms with Crippen LogP contribution >= 0.6 is 0 Å². The zero-order chi connectivity index (χ0) is 13.6. The molecule has 0 radical (unpaired) electrons. The van der Waals surface area contributed by atoms with Crippen molar-refractivity contribution in [3.8, 4) is 0 Å². The maximum atomic E-state index is 11.4. The molecule has 0 saturated carbocycles. The van der Waals surface area contributed by atoms with Crippen molar-refractivity contribution in [1.82, 2.24) is 10.3 Å². The van der Waals surface area contributed by atoms with E-state index in [4.69, 9.17) is 0 Å². The topological polar surface area (TPSA) is 65.1 Å². The number of H-pyrrole nitrogens is 1. The zero-order valence-electron chi connectivity index (χ0n) is 11.2. The maximum absolute atomic E-state index is 11.4. The lowest BCUT2D eigenvalue weighted by atomic mass is 10.00. The highest BCUT2D eigenvalue weighted by atomic mass is 16.4. The number of aryl methyl sites for hydroxylation is 3. The summed E-state index contributed by atoms with van der Waals surface area (Å²) < 4.78 is 0. The second-order valence-corrected chi connectivity index (χ2v) is 5.24. The number of aromatic amines is 1. The second-order valence-electron chi connectivity index (χ2n) is 5.24. The molecule has 0 fully saturated rings. The van der Waals surface area contributed by atoms with Gasteiger partial charge >= 0.3 is 5.97 Å². The van der Waals surface area contributed by atoms with E-state index in [1.807, 2.05) is 6.92 Å². The molecule has 1 atom stereocenters. The summed E-state index contributed by atoms with van der Waals surface area (Å²) in [6, 6.07) is 3.69. The molecule has 19 heavy (non-hydrogen) atoms. The van der Waals surface area contributed by atoms with E-state index in [-0.39, 0.29) is 0 Å². The van der Waals surface area contributed by atoms with Crippen LogP contribution in [0.5, 0.6) is 0 Å². The van der Waals surface area contributed by atoms with E-state index in [1.165, 1.54) is 17.5 Å². The van der Waals surface area contributed by atoms with Crippen molar-refractivity contribution in [1.29, 1.82) is 0 Å². The van der Waals surface area contributed by atoms with Gasteiger partial charge in [-0.2, -0.15) is 0 Å². The average Bonchev–Trinajstić information content (AvgIpc) is 2.92. The van der Waals surface area contributed by atoms with E-state index in [1.54, 1.807) is 7.05 Å². The summed E-state index contributed by atoms with van der Waals surface area (Å²) in [6.07, 6.45) is 3.43. The average molecular weight is 258 g/mol. The number of hydrogen-bond donors (Lipinski definition) is 3. The minimum absolute atomic E-state index is 0.659. The van der Waals surface area contributed by atoms with Crippen LogP contribution in [0.1, 0.15) is 34.8 Å². The third-order valence-electron chi connectivity index (χ3n) is 4.07. The van der Waals surface area contributed by atoms with Crippen LogP contribution in [0.25, 0.3) is 10.9 Å². The third kappa shape index (κ3) is 1.83. The standard InChI is InChI=1S/C15H18N2O2/c1-8-13(14(16-2)15(18)19)11-6-9-4-3-5-10(9)7-12(11)17-8/h6-7,14,16-17H,3-5H2,1-2H3,(H,18,19). The SMILES string of the molecule is CNC(C(=O)O)c1c(C)[nH]c2cc3c(cc12)CCC3. The van der Waals surface area contributed by atoms with E-state index >= 15 is 0 Å². The molecule has 3 rings (SSSR count). The lowest BCUT2D eigenvalue weighted by Gasteiger charge is -2.12. The summed E-state index contributed by atoms with van der Waals surface area (Å²) in [6.45, 7) is 1.94. The first-order valence-electron chi connectivity index (χ1n) is 6.66. The van der Waals surface area contributed by atoms with Gasteiger partial charge in [-0.3, -0.25) is 4.79 Å². The summed E-state index contributed by atoms with van der Waals surface area (Å²) in [5.41, 5.74) is 5.61. The van der Waals surface area contributed by atoms with Crippen molar-refractivity contribution in [2.75, 3.05) is 7.05 Å². The maximum Gasteiger partial charge on any atom is 0.325 e. The molecule has 1 heterocycles. The molecule has 0 spiro atoms. The Bertz CT molecular complexity index is 658. The molecular formula is C15H18N2O2. The van der Waals surface area contributed by atoms with E-state index in [2.05, 4.69) is 22.4 Å². The van der Waals surface area contributed by atoms with E-state index < -0.39 is 12.0 Å². The molecule has 4 heteroatoms. The molecule has 0 amide bonds. The molecule has 1 aliphatic rings. The molecule has 3 N–H and O–H groups in total. The predicted octanol–water partition coefficient (Wildman–Crippen LogP) is 2.31. The minimum atomic E-state index is -0.841. The first-order chi connectivity index (χ1) is 9.11. The Morgan fingerprint density at radius 2 is 2.05 bits per heavy atom. The van der Waals surface area contributed by atoms with Gasteiger partial charge in [0.1, 0.15) is 6.04 Å². The van der Waals surface area contributed by atoms with Gasteiger partial charge in [0.05, 0.1) is 0 Å². The Morgan fingerprint density at radius 1 is 1.37 bits per heavy atom. The predicted molar refractivity (Wildman–Crippen MR) is 74.5 cm³/mol. The molecule has 1 unspecified atom stereocenters. The molecule has 0 bridgehead atoms. The number of aromatic nitrogens is 1. The first-order valence-corrected chi connectivity index (χ1v) is 6.66. The summed E-state index contributed by atoms with van der Waals surface area (Å²) in [5.74, 6) is -0.841. The van der Waals surface area contributed by atoms with Crippen LogP contribution < -0.4 is 5.32 Å². The summed E-state index contributed by atoms with van der Waals surface area (Å²) in [4.78, 5) is 14.7. The lowest BCUT2D eigenvalue weighted by Crippen LogP contribution is -2.25. The van der Waals surface area contributed by atoms with Crippen LogP contribution in [0.2, 0.25) is 0 Å². The quantitative estimate of drug-likeness (QED) is 0.791. The number of carboxylic acid groups (broad SMARTS) is 1. The summed E-state index contributed by atoms with van der Waals surface area (Å²) in [5, 5.41) is 13.3. The number of benzene rings is 1. The van der Waals surface area contributed by atoms with Gasteiger partial charge in [-0.25, -0.2) is 0 Å². The highest BCUT2D eigenvalue weighted by Crippen LogP contribution is 2.33. The highest BCUT2D eigenvalue weighted by Gasteiger charge is 2.25. The molecular weight excluding hydrogens is 240 g/mol. The molecule has 1 aromatic carbocycles. The Labute approximate surface area is 111 Å². The van der Waals surface area contributed by atoms with Gasteiger partial charge in [-0.05, 0) is 56.5 Å². The lowest BCUT2D eigenvalue weighted by molar-refractivity contribution is -0.139. The van der Waals surface area contributed by atoms with Crippen LogP contribution in [0.15, 0.2) is 12.1 Å². The van der Waals surface area contributed by atoms with Gasteiger partial charge in [-0.1, -0.05) is 0 Å². The Balaban J connectivity index is 2.24. The van der Waals surface area contributed by atoms with Gasteiger partial charge in [0, 0.05) is 22.2 Å². The van der Waals surface area contributed by atoms with E-state index in [0.717, 1.165) is 35.0 Å². The van der Waals surface area contributed by atoms with Gasteiger partial charge in [0.15, 0.2) is 0 Å². The van der Waals surface area contributed by atoms with Gasteiger partial charge in [0.25, 0.3) is 0 Å². The smallest absolute Gasteiger partial charge is 0.325 e. The summed E-state index contributed by atoms with van der Waals surface area (Å²) >= 11 is 0. The van der Waals surface area contributed by atoms with Crippen LogP contribution in [0, 0.1) is 6.92 Å². The van der Waals surface area contributed by atoms with Crippen molar-refractivity contribution in [3.05, 3.63) is 34.5 Å². The number of carboxylic acids is 1. The Morgan fingerprint density at radius 3 is 2.68 bits per heavy atom. The number of nitrogens with one attached hydrogen (secondary N) is 2. The van der Waals surface area contributed by atoms with Crippen molar-refractivity contribution in [2.24, 2.45) is 0 Å². The number of rotatable bonds is 3. The monoisotopic (exact) mass is 258 g/mol. The number of aliphatic carboxylic acids is 1. The molecule has 1 aliphatic carbocycles. The number of likely N-dealkylation sites (N-methyl/N-ethyl adjacent to an activating group) is 1. The zero-order valence-corrected chi connectivity index (χ0v) is 11.2.